The fourth-order valence-electron chi connectivity index (χ4n) is 2.45. The molecule has 100 valence electrons. The fourth-order valence-corrected chi connectivity index (χ4v) is 2.45. The van der Waals surface area contributed by atoms with E-state index in [1.165, 1.54) is 25.7 Å². The average Bonchev–Trinajstić information content (AvgIpc) is 2.29. The van der Waals surface area contributed by atoms with Crippen LogP contribution >= 0.6 is 0 Å². The lowest BCUT2D eigenvalue weighted by atomic mass is 10.0. The van der Waals surface area contributed by atoms with Crippen LogP contribution in [-0.2, 0) is 0 Å². The van der Waals surface area contributed by atoms with Crippen LogP contribution in [0.4, 0.5) is 4.79 Å². The maximum absolute atomic E-state index is 12.0. The van der Waals surface area contributed by atoms with Crippen molar-refractivity contribution >= 4 is 6.03 Å². The Morgan fingerprint density at radius 1 is 1.47 bits per heavy atom. The number of unbranched alkanes of at least 4 members (excludes halogenated alkanes) is 2. The van der Waals surface area contributed by atoms with E-state index in [1.807, 2.05) is 4.90 Å². The highest BCUT2D eigenvalue weighted by molar-refractivity contribution is 5.74. The van der Waals surface area contributed by atoms with Gasteiger partial charge in [-0.1, -0.05) is 33.1 Å². The summed E-state index contributed by atoms with van der Waals surface area (Å²) in [5.74, 6) is 0.657. The minimum atomic E-state index is 0.139. The van der Waals surface area contributed by atoms with Gasteiger partial charge in [-0.3, -0.25) is 0 Å². The largest absolute Gasteiger partial charge is 0.336 e. The van der Waals surface area contributed by atoms with Crippen molar-refractivity contribution in [2.24, 2.45) is 5.92 Å². The van der Waals surface area contributed by atoms with Crippen LogP contribution < -0.4 is 5.32 Å². The summed E-state index contributed by atoms with van der Waals surface area (Å²) in [5, 5.41) is 3.12. The lowest BCUT2D eigenvalue weighted by Gasteiger charge is -2.32. The third kappa shape index (κ3) is 5.42. The summed E-state index contributed by atoms with van der Waals surface area (Å²) in [7, 11) is 0. The number of hydrogen-bond acceptors (Lipinski definition) is 1. The van der Waals surface area contributed by atoms with Crippen LogP contribution in [0, 0.1) is 5.92 Å². The van der Waals surface area contributed by atoms with Gasteiger partial charge in [0.15, 0.2) is 0 Å². The third-order valence-corrected chi connectivity index (χ3v) is 3.55. The van der Waals surface area contributed by atoms with E-state index >= 15 is 0 Å². The molecule has 1 rings (SSSR count). The Labute approximate surface area is 106 Å². The maximum Gasteiger partial charge on any atom is 0.317 e. The normalized spacial score (nSPS) is 22.3. The van der Waals surface area contributed by atoms with Crippen LogP contribution in [0.3, 0.4) is 0 Å². The Kier molecular flexibility index (Phi) is 6.38. The minimum absolute atomic E-state index is 0.139. The molecular formula is C14H28N2O. The fraction of sp³-hybridized carbons (Fsp3) is 0.929. The van der Waals surface area contributed by atoms with Gasteiger partial charge in [-0.15, -0.1) is 0 Å². The Balaban J connectivity index is 2.22. The first-order valence-electron chi connectivity index (χ1n) is 7.19. The van der Waals surface area contributed by atoms with Crippen LogP contribution in [-0.4, -0.2) is 30.1 Å². The molecule has 1 fully saturated rings. The lowest BCUT2D eigenvalue weighted by molar-refractivity contribution is 0.166. The summed E-state index contributed by atoms with van der Waals surface area (Å²) in [5.41, 5.74) is 0. The molecule has 17 heavy (non-hydrogen) atoms. The lowest BCUT2D eigenvalue weighted by Crippen LogP contribution is -2.47. The second kappa shape index (κ2) is 7.57. The molecule has 1 aliphatic heterocycles. The Bertz CT molecular complexity index is 230. The van der Waals surface area contributed by atoms with Gasteiger partial charge < -0.3 is 10.2 Å². The quantitative estimate of drug-likeness (QED) is 0.734. The number of piperidine rings is 1. The number of nitrogens with zero attached hydrogens (tertiary/aromatic N) is 1. The standard InChI is InChI=1S/C14H28N2O/c1-4-5-6-9-13(3)15-14(17)16-10-7-8-12(2)11-16/h12-13H,4-11H2,1-3H3,(H,15,17)/t12-,13-/m1/s1. The summed E-state index contributed by atoms with van der Waals surface area (Å²) in [6, 6.07) is 0.451. The zero-order valence-electron chi connectivity index (χ0n) is 11.7. The van der Waals surface area contributed by atoms with Gasteiger partial charge in [0.25, 0.3) is 0 Å². The molecule has 0 saturated carbocycles. The molecule has 0 radical (unpaired) electrons. The van der Waals surface area contributed by atoms with E-state index in [0.717, 1.165) is 25.9 Å². The highest BCUT2D eigenvalue weighted by Gasteiger charge is 2.21. The van der Waals surface area contributed by atoms with Gasteiger partial charge in [0, 0.05) is 19.1 Å². The summed E-state index contributed by atoms with van der Waals surface area (Å²) in [6.45, 7) is 8.40. The molecule has 0 aliphatic carbocycles. The van der Waals surface area contributed by atoms with Gasteiger partial charge in [-0.25, -0.2) is 4.79 Å². The second-order valence-electron chi connectivity index (χ2n) is 5.54. The predicted molar refractivity (Wildman–Crippen MR) is 72.1 cm³/mol. The Hall–Kier alpha value is -0.730. The first-order chi connectivity index (χ1) is 8.13. The molecule has 1 heterocycles. The van der Waals surface area contributed by atoms with E-state index in [0.29, 0.717) is 12.0 Å². The van der Waals surface area contributed by atoms with Crippen molar-refractivity contribution < 1.29 is 4.79 Å². The van der Waals surface area contributed by atoms with Crippen LogP contribution in [0.5, 0.6) is 0 Å². The van der Waals surface area contributed by atoms with Crippen molar-refractivity contribution in [1.29, 1.82) is 0 Å². The topological polar surface area (TPSA) is 32.3 Å². The molecule has 3 heteroatoms. The van der Waals surface area contributed by atoms with Gasteiger partial charge in [0.2, 0.25) is 0 Å². The van der Waals surface area contributed by atoms with Crippen molar-refractivity contribution in [3.05, 3.63) is 0 Å². The molecule has 2 amide bonds. The summed E-state index contributed by atoms with van der Waals surface area (Å²) >= 11 is 0. The third-order valence-electron chi connectivity index (χ3n) is 3.55. The highest BCUT2D eigenvalue weighted by Crippen LogP contribution is 2.15. The number of rotatable bonds is 5. The predicted octanol–water partition coefficient (Wildman–Crippen LogP) is 3.40. The molecule has 3 nitrogen and oxygen atoms in total. The first-order valence-corrected chi connectivity index (χ1v) is 7.19. The van der Waals surface area contributed by atoms with Crippen molar-refractivity contribution in [3.63, 3.8) is 0 Å². The number of amides is 2. The van der Waals surface area contributed by atoms with E-state index in [4.69, 9.17) is 0 Å². The second-order valence-corrected chi connectivity index (χ2v) is 5.54. The molecular weight excluding hydrogens is 212 g/mol. The molecule has 1 N–H and O–H groups in total. The first kappa shape index (κ1) is 14.3. The van der Waals surface area contributed by atoms with Crippen LogP contribution in [0.15, 0.2) is 0 Å². The van der Waals surface area contributed by atoms with Crippen molar-refractivity contribution in [2.75, 3.05) is 13.1 Å². The number of carbonyl (C=O) groups is 1. The number of hydrogen-bond donors (Lipinski definition) is 1. The summed E-state index contributed by atoms with van der Waals surface area (Å²) in [4.78, 5) is 14.0. The zero-order valence-corrected chi connectivity index (χ0v) is 11.7. The number of carbonyl (C=O) groups excluding carboxylic acids is 1. The minimum Gasteiger partial charge on any atom is -0.336 e. The van der Waals surface area contributed by atoms with E-state index in [2.05, 4.69) is 26.1 Å². The average molecular weight is 240 g/mol. The molecule has 0 spiro atoms. The van der Waals surface area contributed by atoms with E-state index in [9.17, 15) is 4.79 Å². The number of nitrogens with one attached hydrogen (secondary N) is 1. The van der Waals surface area contributed by atoms with E-state index in [-0.39, 0.29) is 6.03 Å². The molecule has 1 saturated heterocycles. The molecule has 2 atom stereocenters. The smallest absolute Gasteiger partial charge is 0.317 e. The van der Waals surface area contributed by atoms with Gasteiger partial charge in [-0.2, -0.15) is 0 Å². The van der Waals surface area contributed by atoms with Crippen molar-refractivity contribution in [2.45, 2.75) is 65.3 Å². The summed E-state index contributed by atoms with van der Waals surface area (Å²) in [6.07, 6.45) is 7.23. The molecule has 1 aliphatic rings. The highest BCUT2D eigenvalue weighted by atomic mass is 16.2. The summed E-state index contributed by atoms with van der Waals surface area (Å²) < 4.78 is 0. The van der Waals surface area contributed by atoms with Gasteiger partial charge in [0.05, 0.1) is 0 Å². The zero-order chi connectivity index (χ0) is 12.7. The monoisotopic (exact) mass is 240 g/mol. The molecule has 0 unspecified atom stereocenters. The van der Waals surface area contributed by atoms with E-state index < -0.39 is 0 Å². The van der Waals surface area contributed by atoms with Crippen molar-refractivity contribution in [3.8, 4) is 0 Å². The van der Waals surface area contributed by atoms with Crippen LogP contribution in [0.1, 0.15) is 59.3 Å². The Morgan fingerprint density at radius 3 is 2.88 bits per heavy atom. The molecule has 0 aromatic carbocycles. The SMILES string of the molecule is CCCCC[C@@H](C)NC(=O)N1CCC[C@@H](C)C1. The van der Waals surface area contributed by atoms with Gasteiger partial charge >= 0.3 is 6.03 Å². The van der Waals surface area contributed by atoms with Crippen molar-refractivity contribution in [1.82, 2.24) is 10.2 Å². The van der Waals surface area contributed by atoms with Crippen LogP contribution in [0.25, 0.3) is 0 Å². The van der Waals surface area contributed by atoms with Gasteiger partial charge in [-0.05, 0) is 32.1 Å². The number of likely N-dealkylation sites (tertiary alicyclic amines) is 1. The number of urea groups is 1. The van der Waals surface area contributed by atoms with Crippen LogP contribution in [0.2, 0.25) is 0 Å². The molecule has 0 bridgehead atoms. The molecule has 0 aromatic rings. The van der Waals surface area contributed by atoms with E-state index in [1.54, 1.807) is 0 Å². The van der Waals surface area contributed by atoms with Gasteiger partial charge in [0.1, 0.15) is 0 Å². The Morgan fingerprint density at radius 2 is 2.24 bits per heavy atom. The molecule has 0 aromatic heterocycles. The maximum atomic E-state index is 12.0.